The summed E-state index contributed by atoms with van der Waals surface area (Å²) in [6.45, 7) is 2.53. The number of carbonyl (C=O) groups excluding carboxylic acids is 1. The second kappa shape index (κ2) is 7.11. The number of rotatable bonds is 7. The van der Waals surface area contributed by atoms with Crippen molar-refractivity contribution < 1.29 is 14.7 Å². The van der Waals surface area contributed by atoms with Crippen molar-refractivity contribution in [2.24, 2.45) is 5.92 Å². The van der Waals surface area contributed by atoms with Crippen LogP contribution in [0.4, 0.5) is 10.5 Å². The molecule has 0 radical (unpaired) electrons. The van der Waals surface area contributed by atoms with E-state index >= 15 is 0 Å². The van der Waals surface area contributed by atoms with Gasteiger partial charge in [0.2, 0.25) is 0 Å². The van der Waals surface area contributed by atoms with Crippen LogP contribution in [-0.4, -0.2) is 29.7 Å². The van der Waals surface area contributed by atoms with Gasteiger partial charge in [-0.15, -0.1) is 0 Å². The maximum absolute atomic E-state index is 12.4. The first-order valence-electron chi connectivity index (χ1n) is 7.46. The van der Waals surface area contributed by atoms with Crippen molar-refractivity contribution >= 4 is 17.7 Å². The van der Waals surface area contributed by atoms with Crippen LogP contribution in [0.1, 0.15) is 32.6 Å². The van der Waals surface area contributed by atoms with Gasteiger partial charge >= 0.3 is 12.0 Å². The number of hydrogen-bond donors (Lipinski definition) is 2. The molecule has 0 spiro atoms. The Morgan fingerprint density at radius 3 is 2.62 bits per heavy atom. The van der Waals surface area contributed by atoms with Crippen molar-refractivity contribution in [2.45, 2.75) is 38.6 Å². The molecule has 1 aliphatic carbocycles. The first kappa shape index (κ1) is 15.4. The maximum Gasteiger partial charge on any atom is 0.322 e. The molecule has 1 aromatic carbocycles. The fourth-order valence-corrected chi connectivity index (χ4v) is 2.46. The molecule has 1 saturated carbocycles. The lowest BCUT2D eigenvalue weighted by atomic mass is 10.2. The molecule has 1 fully saturated rings. The van der Waals surface area contributed by atoms with Gasteiger partial charge < -0.3 is 10.4 Å². The number of carbonyl (C=O) groups is 2. The second-order valence-corrected chi connectivity index (χ2v) is 5.44. The van der Waals surface area contributed by atoms with Crippen LogP contribution in [0.3, 0.4) is 0 Å². The van der Waals surface area contributed by atoms with Gasteiger partial charge in [-0.3, -0.25) is 9.69 Å². The number of hydrogen-bond acceptors (Lipinski definition) is 2. The van der Waals surface area contributed by atoms with Gasteiger partial charge in [-0.1, -0.05) is 31.5 Å². The van der Waals surface area contributed by atoms with Gasteiger partial charge in [0.05, 0.1) is 0 Å². The predicted molar refractivity (Wildman–Crippen MR) is 81.4 cm³/mol. The normalized spacial score (nSPS) is 19.9. The molecule has 5 nitrogen and oxygen atoms in total. The Balaban J connectivity index is 1.97. The van der Waals surface area contributed by atoms with Crippen LogP contribution in [0.2, 0.25) is 0 Å². The van der Waals surface area contributed by atoms with E-state index < -0.39 is 5.97 Å². The Morgan fingerprint density at radius 1 is 1.33 bits per heavy atom. The van der Waals surface area contributed by atoms with E-state index in [-0.39, 0.29) is 18.5 Å². The highest BCUT2D eigenvalue weighted by molar-refractivity contribution is 5.92. The van der Waals surface area contributed by atoms with E-state index in [2.05, 4.69) is 12.2 Å². The average molecular weight is 290 g/mol. The predicted octanol–water partition coefficient (Wildman–Crippen LogP) is 2.87. The first-order valence-corrected chi connectivity index (χ1v) is 7.46. The minimum absolute atomic E-state index is 0.0671. The summed E-state index contributed by atoms with van der Waals surface area (Å²) in [5.74, 6) is -0.248. The molecule has 5 heteroatoms. The number of amides is 2. The van der Waals surface area contributed by atoms with Gasteiger partial charge in [0.15, 0.2) is 0 Å². The lowest BCUT2D eigenvalue weighted by molar-refractivity contribution is -0.137. The number of urea groups is 1. The molecule has 2 amide bonds. The second-order valence-electron chi connectivity index (χ2n) is 5.44. The molecule has 2 unspecified atom stereocenters. The summed E-state index contributed by atoms with van der Waals surface area (Å²) in [5.41, 5.74) is 0.800. The Kier molecular flexibility index (Phi) is 5.20. The van der Waals surface area contributed by atoms with Crippen molar-refractivity contribution in [3.63, 3.8) is 0 Å². The van der Waals surface area contributed by atoms with Crippen molar-refractivity contribution in [3.8, 4) is 0 Å². The summed E-state index contributed by atoms with van der Waals surface area (Å²) >= 11 is 0. The van der Waals surface area contributed by atoms with Crippen LogP contribution >= 0.6 is 0 Å². The summed E-state index contributed by atoms with van der Waals surface area (Å²) < 4.78 is 0. The Hall–Kier alpha value is -2.04. The van der Waals surface area contributed by atoms with Crippen LogP contribution < -0.4 is 10.2 Å². The van der Waals surface area contributed by atoms with Gasteiger partial charge in [0.1, 0.15) is 0 Å². The van der Waals surface area contributed by atoms with Crippen LogP contribution in [-0.2, 0) is 4.79 Å². The van der Waals surface area contributed by atoms with Crippen LogP contribution in [0, 0.1) is 5.92 Å². The highest BCUT2D eigenvalue weighted by Gasteiger charge is 2.37. The number of anilines is 1. The molecule has 0 heterocycles. The summed E-state index contributed by atoms with van der Waals surface area (Å²) in [6.07, 6.45) is 2.63. The third-order valence-electron chi connectivity index (χ3n) is 3.84. The van der Waals surface area contributed by atoms with Gasteiger partial charge in [-0.05, 0) is 30.9 Å². The number of carboxylic acid groups (broad SMARTS) is 1. The van der Waals surface area contributed by atoms with Gasteiger partial charge in [-0.2, -0.15) is 0 Å². The summed E-state index contributed by atoms with van der Waals surface area (Å²) in [5, 5.41) is 11.8. The monoisotopic (exact) mass is 290 g/mol. The van der Waals surface area contributed by atoms with E-state index in [0.717, 1.165) is 18.5 Å². The number of para-hydroxylation sites is 1. The zero-order valence-electron chi connectivity index (χ0n) is 12.3. The zero-order valence-corrected chi connectivity index (χ0v) is 12.3. The van der Waals surface area contributed by atoms with E-state index in [4.69, 9.17) is 5.11 Å². The fourth-order valence-electron chi connectivity index (χ4n) is 2.46. The molecule has 2 atom stereocenters. The van der Waals surface area contributed by atoms with Gasteiger partial charge in [-0.25, -0.2) is 4.79 Å². The highest BCUT2D eigenvalue weighted by Crippen LogP contribution is 2.33. The largest absolute Gasteiger partial charge is 0.481 e. The van der Waals surface area contributed by atoms with E-state index in [9.17, 15) is 9.59 Å². The minimum Gasteiger partial charge on any atom is -0.481 e. The number of nitrogens with zero attached hydrogens (tertiary/aromatic N) is 1. The Bertz CT molecular complexity index is 490. The van der Waals surface area contributed by atoms with Crippen molar-refractivity contribution in [1.29, 1.82) is 0 Å². The molecule has 114 valence electrons. The standard InChI is InChI=1S/C16H22N2O3/c1-2-12-11-14(12)17-16(21)18(10-6-9-15(19)20)13-7-4-3-5-8-13/h3-5,7-8,12,14H,2,6,9-11H2,1H3,(H,17,21)(H,19,20). The molecule has 21 heavy (non-hydrogen) atoms. The van der Waals surface area contributed by atoms with Gasteiger partial charge in [0.25, 0.3) is 0 Å². The zero-order chi connectivity index (χ0) is 15.2. The van der Waals surface area contributed by atoms with E-state index in [1.165, 1.54) is 0 Å². The quantitative estimate of drug-likeness (QED) is 0.811. The molecular weight excluding hydrogens is 268 g/mol. The summed E-state index contributed by atoms with van der Waals surface area (Å²) in [4.78, 5) is 24.7. The highest BCUT2D eigenvalue weighted by atomic mass is 16.4. The molecule has 2 N–H and O–H groups in total. The van der Waals surface area contributed by atoms with Crippen LogP contribution in [0.5, 0.6) is 0 Å². The van der Waals surface area contributed by atoms with E-state index in [1.807, 2.05) is 30.3 Å². The summed E-state index contributed by atoms with van der Waals surface area (Å²) in [7, 11) is 0. The van der Waals surface area contributed by atoms with Crippen molar-refractivity contribution in [1.82, 2.24) is 5.32 Å². The summed E-state index contributed by atoms with van der Waals surface area (Å²) in [6, 6.07) is 9.51. The lowest BCUT2D eigenvalue weighted by Gasteiger charge is -2.23. The molecule has 1 aliphatic rings. The lowest BCUT2D eigenvalue weighted by Crippen LogP contribution is -2.42. The average Bonchev–Trinajstić information content (AvgIpc) is 3.22. The number of benzene rings is 1. The topological polar surface area (TPSA) is 69.6 Å². The Labute approximate surface area is 125 Å². The molecule has 0 bridgehead atoms. The third kappa shape index (κ3) is 4.48. The Morgan fingerprint density at radius 2 is 2.05 bits per heavy atom. The van der Waals surface area contributed by atoms with Gasteiger partial charge in [0, 0.05) is 24.7 Å². The third-order valence-corrected chi connectivity index (χ3v) is 3.84. The van der Waals surface area contributed by atoms with Crippen molar-refractivity contribution in [3.05, 3.63) is 30.3 Å². The van der Waals surface area contributed by atoms with E-state index in [1.54, 1.807) is 4.90 Å². The van der Waals surface area contributed by atoms with Crippen LogP contribution in [0.15, 0.2) is 30.3 Å². The molecular formula is C16H22N2O3. The minimum atomic E-state index is -0.836. The van der Waals surface area contributed by atoms with E-state index in [0.29, 0.717) is 18.9 Å². The molecule has 0 saturated heterocycles. The fraction of sp³-hybridized carbons (Fsp3) is 0.500. The SMILES string of the molecule is CCC1CC1NC(=O)N(CCCC(=O)O)c1ccccc1. The molecule has 2 rings (SSSR count). The molecule has 0 aliphatic heterocycles. The van der Waals surface area contributed by atoms with Crippen molar-refractivity contribution in [2.75, 3.05) is 11.4 Å². The number of nitrogens with one attached hydrogen (secondary N) is 1. The van der Waals surface area contributed by atoms with Crippen LogP contribution in [0.25, 0.3) is 0 Å². The number of carboxylic acids is 1. The maximum atomic E-state index is 12.4. The smallest absolute Gasteiger partial charge is 0.322 e. The molecule has 0 aromatic heterocycles. The first-order chi connectivity index (χ1) is 10.1. The molecule has 1 aromatic rings. The number of aliphatic carboxylic acids is 1.